The Hall–Kier alpha value is -2.82. The van der Waals surface area contributed by atoms with Gasteiger partial charge in [0.15, 0.2) is 0 Å². The first kappa shape index (κ1) is 18.2. The number of anilines is 1. The number of carbonyl (C=O) groups is 1. The van der Waals surface area contributed by atoms with Crippen LogP contribution in [-0.4, -0.2) is 29.0 Å². The molecule has 2 aromatic heterocycles. The summed E-state index contributed by atoms with van der Waals surface area (Å²) in [7, 11) is 0. The van der Waals surface area contributed by atoms with E-state index in [2.05, 4.69) is 45.3 Å². The number of nitrogens with zero attached hydrogens (tertiary/aromatic N) is 2. The summed E-state index contributed by atoms with van der Waals surface area (Å²) in [6.07, 6.45) is 7.74. The van der Waals surface area contributed by atoms with Crippen LogP contribution in [0, 0.1) is 5.92 Å². The number of rotatable bonds is 4. The van der Waals surface area contributed by atoms with Crippen molar-refractivity contribution in [3.05, 3.63) is 58.9 Å². The fraction of sp³-hybridized carbons (Fsp3) is 0.417. The third-order valence-electron chi connectivity index (χ3n) is 6.41. The summed E-state index contributed by atoms with van der Waals surface area (Å²) in [5.41, 5.74) is 5.43. The van der Waals surface area contributed by atoms with Gasteiger partial charge in [0.2, 0.25) is 0 Å². The van der Waals surface area contributed by atoms with E-state index < -0.39 is 0 Å². The van der Waals surface area contributed by atoms with Crippen molar-refractivity contribution in [3.63, 3.8) is 0 Å². The topological polar surface area (TPSA) is 61.0 Å². The summed E-state index contributed by atoms with van der Waals surface area (Å²) in [6.45, 7) is 4.97. The minimum Gasteiger partial charge on any atom is -0.358 e. The second kappa shape index (κ2) is 7.54. The van der Waals surface area contributed by atoms with Gasteiger partial charge in [-0.15, -0.1) is 0 Å². The highest BCUT2D eigenvalue weighted by Gasteiger charge is 2.22. The molecule has 5 nitrogen and oxygen atoms in total. The van der Waals surface area contributed by atoms with Gasteiger partial charge >= 0.3 is 0 Å². The molecule has 3 heterocycles. The Kier molecular flexibility index (Phi) is 4.74. The van der Waals surface area contributed by atoms with Crippen LogP contribution in [-0.2, 0) is 19.4 Å². The number of para-hydroxylation sites is 1. The van der Waals surface area contributed by atoms with E-state index in [1.807, 2.05) is 18.3 Å². The number of benzene rings is 1. The number of nitrogens with one attached hydrogen (secondary N) is 2. The Bertz CT molecular complexity index is 1030. The van der Waals surface area contributed by atoms with E-state index >= 15 is 0 Å². The molecule has 0 saturated carbocycles. The predicted molar refractivity (Wildman–Crippen MR) is 116 cm³/mol. The van der Waals surface area contributed by atoms with E-state index in [-0.39, 0.29) is 5.91 Å². The molecule has 1 aliphatic carbocycles. The van der Waals surface area contributed by atoms with Crippen LogP contribution in [0.4, 0.5) is 5.82 Å². The number of carbonyl (C=O) groups excluding carboxylic acids is 1. The smallest absolute Gasteiger partial charge is 0.253 e. The lowest BCUT2D eigenvalue weighted by Crippen LogP contribution is -2.23. The van der Waals surface area contributed by atoms with E-state index in [9.17, 15) is 4.79 Å². The summed E-state index contributed by atoms with van der Waals surface area (Å²) in [4.78, 5) is 23.4. The van der Waals surface area contributed by atoms with Crippen molar-refractivity contribution in [3.8, 4) is 0 Å². The molecular weight excluding hydrogens is 360 g/mol. The Morgan fingerprint density at radius 2 is 2.10 bits per heavy atom. The summed E-state index contributed by atoms with van der Waals surface area (Å²) in [5.74, 6) is 1.70. The molecule has 1 amide bonds. The van der Waals surface area contributed by atoms with Crippen molar-refractivity contribution in [2.24, 2.45) is 5.92 Å². The fourth-order valence-corrected chi connectivity index (χ4v) is 4.74. The first-order valence-electron chi connectivity index (χ1n) is 10.8. The Labute approximate surface area is 171 Å². The first-order valence-corrected chi connectivity index (χ1v) is 10.8. The Morgan fingerprint density at radius 3 is 2.90 bits per heavy atom. The summed E-state index contributed by atoms with van der Waals surface area (Å²) >= 11 is 0. The van der Waals surface area contributed by atoms with Crippen molar-refractivity contribution in [2.45, 2.75) is 45.6 Å². The van der Waals surface area contributed by atoms with Gasteiger partial charge in [0.1, 0.15) is 5.82 Å². The number of H-pyrrole nitrogens is 1. The molecule has 1 fully saturated rings. The van der Waals surface area contributed by atoms with E-state index in [1.165, 1.54) is 35.9 Å². The van der Waals surface area contributed by atoms with Gasteiger partial charge in [0.05, 0.1) is 11.1 Å². The number of aromatic amines is 1. The molecule has 1 atom stereocenters. The van der Waals surface area contributed by atoms with Gasteiger partial charge in [0.25, 0.3) is 5.91 Å². The van der Waals surface area contributed by atoms with Crippen LogP contribution in [0.5, 0.6) is 0 Å². The summed E-state index contributed by atoms with van der Waals surface area (Å²) < 4.78 is 0. The van der Waals surface area contributed by atoms with Crippen LogP contribution < -0.4 is 10.2 Å². The van der Waals surface area contributed by atoms with Crippen molar-refractivity contribution in [2.75, 3.05) is 18.0 Å². The molecule has 29 heavy (non-hydrogen) atoms. The van der Waals surface area contributed by atoms with Gasteiger partial charge in [0, 0.05) is 36.9 Å². The van der Waals surface area contributed by atoms with Crippen LogP contribution in [0.25, 0.3) is 10.9 Å². The normalized spacial score (nSPS) is 18.8. The van der Waals surface area contributed by atoms with Gasteiger partial charge in [-0.2, -0.15) is 0 Å². The van der Waals surface area contributed by atoms with Crippen LogP contribution in [0.2, 0.25) is 0 Å². The molecule has 0 spiro atoms. The number of aryl methyl sites for hydroxylation is 1. The minimum absolute atomic E-state index is 0.0362. The van der Waals surface area contributed by atoms with Gasteiger partial charge in [-0.25, -0.2) is 4.98 Å². The molecular formula is C24H28N4O. The lowest BCUT2D eigenvalue weighted by Gasteiger charge is -2.17. The molecule has 2 aliphatic rings. The Balaban J connectivity index is 1.31. The van der Waals surface area contributed by atoms with Crippen LogP contribution >= 0.6 is 0 Å². The average molecular weight is 389 g/mol. The maximum absolute atomic E-state index is 12.9. The highest BCUT2D eigenvalue weighted by molar-refractivity contribution is 6.06. The number of hydrogen-bond acceptors (Lipinski definition) is 3. The van der Waals surface area contributed by atoms with Crippen molar-refractivity contribution in [1.29, 1.82) is 0 Å². The number of pyridine rings is 1. The van der Waals surface area contributed by atoms with Crippen LogP contribution in [0.1, 0.15) is 53.4 Å². The molecule has 2 N–H and O–H groups in total. The van der Waals surface area contributed by atoms with Gasteiger partial charge < -0.3 is 15.2 Å². The molecule has 1 aromatic carbocycles. The fourth-order valence-electron chi connectivity index (χ4n) is 4.74. The number of hydrogen-bond donors (Lipinski definition) is 2. The molecule has 0 unspecified atom stereocenters. The average Bonchev–Trinajstić information content (AvgIpc) is 3.40. The van der Waals surface area contributed by atoms with E-state index in [0.29, 0.717) is 12.5 Å². The summed E-state index contributed by atoms with van der Waals surface area (Å²) in [5, 5.41) is 4.28. The quantitative estimate of drug-likeness (QED) is 0.704. The first-order chi connectivity index (χ1) is 14.2. The van der Waals surface area contributed by atoms with E-state index in [4.69, 9.17) is 0 Å². The Morgan fingerprint density at radius 1 is 1.24 bits per heavy atom. The number of amides is 1. The highest BCUT2D eigenvalue weighted by atomic mass is 16.1. The second-order valence-electron chi connectivity index (χ2n) is 8.56. The largest absolute Gasteiger partial charge is 0.358 e. The van der Waals surface area contributed by atoms with Crippen LogP contribution in [0.3, 0.4) is 0 Å². The molecule has 1 aliphatic heterocycles. The maximum Gasteiger partial charge on any atom is 0.253 e. The molecule has 5 rings (SSSR count). The van der Waals surface area contributed by atoms with Gasteiger partial charge in [-0.05, 0) is 61.3 Å². The molecule has 150 valence electrons. The standard InChI is InChI=1S/C24H28N4O/c1-16-7-9-21-20(13-16)18-5-4-6-19(23(18)27-21)24(29)26-15-17-8-10-22(25-14-17)28-11-2-3-12-28/h4-6,8,10,14,16,27H,2-3,7,9,11-13,15H2,1H3,(H,26,29)/t16-/m0/s1. The molecule has 1 saturated heterocycles. The third-order valence-corrected chi connectivity index (χ3v) is 6.41. The SMILES string of the molecule is C[C@H]1CCc2[nH]c3c(C(=O)NCc4ccc(N5CCCC5)nc4)cccc3c2C1. The summed E-state index contributed by atoms with van der Waals surface area (Å²) in [6, 6.07) is 10.2. The molecule has 0 bridgehead atoms. The second-order valence-corrected chi connectivity index (χ2v) is 8.56. The van der Waals surface area contributed by atoms with E-state index in [0.717, 1.165) is 48.4 Å². The number of aromatic nitrogens is 2. The molecule has 0 radical (unpaired) electrons. The monoisotopic (exact) mass is 388 g/mol. The maximum atomic E-state index is 12.9. The predicted octanol–water partition coefficient (Wildman–Crippen LogP) is 4.22. The van der Waals surface area contributed by atoms with Crippen molar-refractivity contribution < 1.29 is 4.79 Å². The lowest BCUT2D eigenvalue weighted by atomic mass is 9.87. The molecule has 3 aromatic rings. The zero-order chi connectivity index (χ0) is 19.8. The minimum atomic E-state index is -0.0362. The zero-order valence-corrected chi connectivity index (χ0v) is 17.0. The van der Waals surface area contributed by atoms with Crippen molar-refractivity contribution in [1.82, 2.24) is 15.3 Å². The van der Waals surface area contributed by atoms with Crippen LogP contribution in [0.15, 0.2) is 36.5 Å². The van der Waals surface area contributed by atoms with Gasteiger partial charge in [-0.1, -0.05) is 25.1 Å². The number of fused-ring (bicyclic) bond motifs is 3. The van der Waals surface area contributed by atoms with Crippen molar-refractivity contribution >= 4 is 22.6 Å². The van der Waals surface area contributed by atoms with E-state index in [1.54, 1.807) is 0 Å². The zero-order valence-electron chi connectivity index (χ0n) is 17.0. The third kappa shape index (κ3) is 3.50. The van der Waals surface area contributed by atoms with Gasteiger partial charge in [-0.3, -0.25) is 4.79 Å². The highest BCUT2D eigenvalue weighted by Crippen LogP contribution is 2.33. The molecule has 5 heteroatoms. The lowest BCUT2D eigenvalue weighted by molar-refractivity contribution is 0.0952.